The molecular formula is C10H13NO2. The van der Waals surface area contributed by atoms with Crippen molar-refractivity contribution in [2.24, 2.45) is 0 Å². The summed E-state index contributed by atoms with van der Waals surface area (Å²) in [6.45, 7) is 2.28. The van der Waals surface area contributed by atoms with Gasteiger partial charge in [0.2, 0.25) is 0 Å². The van der Waals surface area contributed by atoms with Gasteiger partial charge in [-0.15, -0.1) is 0 Å². The smallest absolute Gasteiger partial charge is 0.0990 e. The molecule has 1 aliphatic rings. The molecule has 1 N–H and O–H groups in total. The van der Waals surface area contributed by atoms with Gasteiger partial charge in [0, 0.05) is 0 Å². The van der Waals surface area contributed by atoms with E-state index in [2.05, 4.69) is 6.07 Å². The summed E-state index contributed by atoms with van der Waals surface area (Å²) in [6, 6.07) is 2.12. The van der Waals surface area contributed by atoms with Crippen molar-refractivity contribution in [2.45, 2.75) is 19.4 Å². The summed E-state index contributed by atoms with van der Waals surface area (Å²) in [5.41, 5.74) is 1.68. The van der Waals surface area contributed by atoms with E-state index in [1.54, 1.807) is 0 Å². The van der Waals surface area contributed by atoms with Crippen molar-refractivity contribution in [2.75, 3.05) is 13.2 Å². The average molecular weight is 179 g/mol. The number of allylic oxidation sites excluding steroid dienone is 2. The van der Waals surface area contributed by atoms with Gasteiger partial charge in [0.25, 0.3) is 0 Å². The molecule has 1 rings (SSSR count). The number of rotatable bonds is 3. The molecule has 0 aromatic heterocycles. The minimum atomic E-state index is 0.0178. The van der Waals surface area contributed by atoms with Crippen LogP contribution in [0.25, 0.3) is 0 Å². The summed E-state index contributed by atoms with van der Waals surface area (Å²) in [5, 5.41) is 17.2. The number of ether oxygens (including phenoxy) is 1. The number of aliphatic hydroxyl groups is 1. The molecule has 3 heteroatoms. The van der Waals surface area contributed by atoms with Crippen LogP contribution in [0.3, 0.4) is 0 Å². The van der Waals surface area contributed by atoms with E-state index < -0.39 is 0 Å². The first-order chi connectivity index (χ1) is 6.27. The van der Waals surface area contributed by atoms with Crippen LogP contribution in [0, 0.1) is 11.3 Å². The third kappa shape index (κ3) is 2.69. The minimum Gasteiger partial charge on any atom is -0.394 e. The van der Waals surface area contributed by atoms with Crippen molar-refractivity contribution >= 4 is 0 Å². The average Bonchev–Trinajstić information content (AvgIpc) is 2.15. The Morgan fingerprint density at radius 3 is 3.08 bits per heavy atom. The van der Waals surface area contributed by atoms with Crippen molar-refractivity contribution in [1.82, 2.24) is 0 Å². The third-order valence-corrected chi connectivity index (χ3v) is 1.96. The maximum Gasteiger partial charge on any atom is 0.0990 e. The zero-order valence-electron chi connectivity index (χ0n) is 7.66. The molecule has 0 aromatic carbocycles. The zero-order chi connectivity index (χ0) is 9.68. The fourth-order valence-electron chi connectivity index (χ4n) is 1.29. The molecule has 0 heterocycles. The highest BCUT2D eigenvalue weighted by molar-refractivity contribution is 5.43. The molecule has 0 fully saturated rings. The summed E-state index contributed by atoms with van der Waals surface area (Å²) in [5.74, 6) is 0. The van der Waals surface area contributed by atoms with Gasteiger partial charge in [-0.25, -0.2) is 0 Å². The number of hydrogen-bond donors (Lipinski definition) is 1. The minimum absolute atomic E-state index is 0.0178. The Balaban J connectivity index is 2.52. The van der Waals surface area contributed by atoms with Crippen molar-refractivity contribution in [1.29, 1.82) is 5.26 Å². The molecule has 0 aromatic rings. The van der Waals surface area contributed by atoms with Gasteiger partial charge in [0.15, 0.2) is 0 Å². The van der Waals surface area contributed by atoms with E-state index >= 15 is 0 Å². The van der Waals surface area contributed by atoms with Crippen LogP contribution >= 0.6 is 0 Å². The van der Waals surface area contributed by atoms with E-state index in [0.29, 0.717) is 6.61 Å². The number of aliphatic hydroxyl groups excluding tert-OH is 1. The molecule has 0 saturated heterocycles. The van der Waals surface area contributed by atoms with E-state index in [0.717, 1.165) is 17.6 Å². The SMILES string of the molecule is CC1=CC(OCCO)CC=C1C#N. The van der Waals surface area contributed by atoms with Crippen molar-refractivity contribution in [3.8, 4) is 6.07 Å². The second-order valence-electron chi connectivity index (χ2n) is 2.95. The van der Waals surface area contributed by atoms with E-state index in [1.807, 2.05) is 19.1 Å². The highest BCUT2D eigenvalue weighted by Gasteiger charge is 2.12. The summed E-state index contributed by atoms with van der Waals surface area (Å²) in [6.07, 6.45) is 4.54. The third-order valence-electron chi connectivity index (χ3n) is 1.96. The van der Waals surface area contributed by atoms with Gasteiger partial charge in [0.1, 0.15) is 0 Å². The number of hydrogen-bond acceptors (Lipinski definition) is 3. The lowest BCUT2D eigenvalue weighted by Crippen LogP contribution is -2.15. The Hall–Kier alpha value is -1.11. The molecular weight excluding hydrogens is 166 g/mol. The van der Waals surface area contributed by atoms with Crippen molar-refractivity contribution in [3.63, 3.8) is 0 Å². The summed E-state index contributed by atoms with van der Waals surface area (Å²) >= 11 is 0. The topological polar surface area (TPSA) is 53.2 Å². The molecule has 1 atom stereocenters. The quantitative estimate of drug-likeness (QED) is 0.707. The molecule has 0 saturated carbocycles. The lowest BCUT2D eigenvalue weighted by molar-refractivity contribution is 0.0551. The van der Waals surface area contributed by atoms with Crippen LogP contribution in [0.4, 0.5) is 0 Å². The maximum atomic E-state index is 8.68. The van der Waals surface area contributed by atoms with Gasteiger partial charge in [-0.05, 0) is 18.9 Å². The molecule has 1 aliphatic carbocycles. The van der Waals surface area contributed by atoms with Crippen LogP contribution in [-0.2, 0) is 4.74 Å². The van der Waals surface area contributed by atoms with E-state index in [9.17, 15) is 0 Å². The van der Waals surface area contributed by atoms with Gasteiger partial charge in [0.05, 0.1) is 31.0 Å². The highest BCUT2D eigenvalue weighted by atomic mass is 16.5. The maximum absolute atomic E-state index is 8.68. The molecule has 0 spiro atoms. The van der Waals surface area contributed by atoms with Crippen LogP contribution in [-0.4, -0.2) is 24.4 Å². The monoisotopic (exact) mass is 179 g/mol. The Labute approximate surface area is 77.9 Å². The lowest BCUT2D eigenvalue weighted by atomic mass is 9.98. The standard InChI is InChI=1S/C10H13NO2/c1-8-6-10(13-5-4-12)3-2-9(8)7-11/h2,6,10,12H,3-5H2,1H3. The Kier molecular flexibility index (Phi) is 3.69. The van der Waals surface area contributed by atoms with Crippen LogP contribution in [0.15, 0.2) is 23.3 Å². The second-order valence-corrected chi connectivity index (χ2v) is 2.95. The van der Waals surface area contributed by atoms with Crippen LogP contribution in [0.5, 0.6) is 0 Å². The molecule has 70 valence electrons. The summed E-state index contributed by atoms with van der Waals surface area (Å²) < 4.78 is 5.31. The van der Waals surface area contributed by atoms with Gasteiger partial charge in [-0.1, -0.05) is 12.2 Å². The van der Waals surface area contributed by atoms with Gasteiger partial charge >= 0.3 is 0 Å². The number of nitriles is 1. The van der Waals surface area contributed by atoms with Crippen molar-refractivity contribution in [3.05, 3.63) is 23.3 Å². The van der Waals surface area contributed by atoms with E-state index in [4.69, 9.17) is 15.1 Å². The van der Waals surface area contributed by atoms with Crippen LogP contribution < -0.4 is 0 Å². The molecule has 0 radical (unpaired) electrons. The Morgan fingerprint density at radius 2 is 2.54 bits per heavy atom. The first kappa shape index (κ1) is 9.97. The van der Waals surface area contributed by atoms with Gasteiger partial charge in [-0.3, -0.25) is 0 Å². The largest absolute Gasteiger partial charge is 0.394 e. The number of nitrogens with zero attached hydrogens (tertiary/aromatic N) is 1. The predicted octanol–water partition coefficient (Wildman–Crippen LogP) is 1.16. The zero-order valence-corrected chi connectivity index (χ0v) is 7.66. The molecule has 0 amide bonds. The normalized spacial score (nSPS) is 21.8. The first-order valence-corrected chi connectivity index (χ1v) is 4.29. The second kappa shape index (κ2) is 4.80. The van der Waals surface area contributed by atoms with Crippen molar-refractivity contribution < 1.29 is 9.84 Å². The predicted molar refractivity (Wildman–Crippen MR) is 48.9 cm³/mol. The van der Waals surface area contributed by atoms with Crippen LogP contribution in [0.2, 0.25) is 0 Å². The molecule has 13 heavy (non-hydrogen) atoms. The van der Waals surface area contributed by atoms with Crippen LogP contribution in [0.1, 0.15) is 13.3 Å². The molecule has 0 bridgehead atoms. The molecule has 3 nitrogen and oxygen atoms in total. The highest BCUT2D eigenvalue weighted by Crippen LogP contribution is 2.19. The lowest BCUT2D eigenvalue weighted by Gasteiger charge is -2.16. The summed E-state index contributed by atoms with van der Waals surface area (Å²) in [7, 11) is 0. The fraction of sp³-hybridized carbons (Fsp3) is 0.500. The van der Waals surface area contributed by atoms with E-state index in [-0.39, 0.29) is 12.7 Å². The Bertz CT molecular complexity index is 273. The molecule has 1 unspecified atom stereocenters. The summed E-state index contributed by atoms with van der Waals surface area (Å²) in [4.78, 5) is 0. The van der Waals surface area contributed by atoms with E-state index in [1.165, 1.54) is 0 Å². The first-order valence-electron chi connectivity index (χ1n) is 4.29. The fourth-order valence-corrected chi connectivity index (χ4v) is 1.29. The molecule has 0 aliphatic heterocycles. The van der Waals surface area contributed by atoms with Gasteiger partial charge in [-0.2, -0.15) is 5.26 Å². The van der Waals surface area contributed by atoms with Gasteiger partial charge < -0.3 is 9.84 Å². The Morgan fingerprint density at radius 1 is 1.77 bits per heavy atom.